The van der Waals surface area contributed by atoms with Crippen LogP contribution in [0.1, 0.15) is 17.5 Å². The van der Waals surface area contributed by atoms with Gasteiger partial charge in [0.05, 0.1) is 5.56 Å². The highest BCUT2D eigenvalue weighted by Crippen LogP contribution is 2.40. The van der Waals surface area contributed by atoms with Crippen molar-refractivity contribution < 1.29 is 22.6 Å². The van der Waals surface area contributed by atoms with Gasteiger partial charge in [-0.05, 0) is 37.1 Å². The molecule has 0 fully saturated rings. The largest absolute Gasteiger partial charge is 0.486 e. The van der Waals surface area contributed by atoms with Crippen molar-refractivity contribution in [3.63, 3.8) is 0 Å². The molecule has 1 aromatic rings. The van der Waals surface area contributed by atoms with Crippen molar-refractivity contribution in [2.45, 2.75) is 19.0 Å². The van der Waals surface area contributed by atoms with Gasteiger partial charge in [-0.25, -0.2) is 0 Å². The molecule has 0 amide bonds. The minimum Gasteiger partial charge on any atom is -0.486 e. The second-order valence-electron chi connectivity index (χ2n) is 4.04. The Hall–Kier alpha value is -1.43. The Morgan fingerprint density at radius 3 is 2.28 bits per heavy atom. The van der Waals surface area contributed by atoms with Crippen molar-refractivity contribution in [3.8, 4) is 11.5 Å². The lowest BCUT2D eigenvalue weighted by Gasteiger charge is -2.22. The van der Waals surface area contributed by atoms with Crippen molar-refractivity contribution in [2.75, 3.05) is 19.8 Å². The number of ether oxygens (including phenoxy) is 2. The van der Waals surface area contributed by atoms with Gasteiger partial charge in [-0.15, -0.1) is 0 Å². The highest BCUT2D eigenvalue weighted by molar-refractivity contribution is 5.49. The number of halogens is 3. The third-order valence-electron chi connectivity index (χ3n) is 2.72. The molecule has 6 heteroatoms. The predicted molar refractivity (Wildman–Crippen MR) is 59.8 cm³/mol. The van der Waals surface area contributed by atoms with Crippen LogP contribution in [-0.2, 0) is 12.6 Å². The zero-order valence-corrected chi connectivity index (χ0v) is 9.72. The van der Waals surface area contributed by atoms with E-state index in [1.807, 2.05) is 0 Å². The molecule has 1 aliphatic heterocycles. The van der Waals surface area contributed by atoms with Crippen LogP contribution < -0.4 is 15.2 Å². The zero-order valence-electron chi connectivity index (χ0n) is 9.72. The van der Waals surface area contributed by atoms with E-state index in [1.165, 1.54) is 6.07 Å². The molecule has 0 saturated heterocycles. The first-order chi connectivity index (χ1) is 8.52. The van der Waals surface area contributed by atoms with Crippen LogP contribution in [0.2, 0.25) is 0 Å². The molecule has 0 aliphatic carbocycles. The molecule has 1 aromatic carbocycles. The Kier molecular flexibility index (Phi) is 3.65. The summed E-state index contributed by atoms with van der Waals surface area (Å²) in [6.45, 7) is 0.979. The van der Waals surface area contributed by atoms with Crippen molar-refractivity contribution in [1.29, 1.82) is 0 Å². The molecule has 0 atom stereocenters. The molecule has 18 heavy (non-hydrogen) atoms. The fraction of sp³-hybridized carbons (Fsp3) is 0.500. The molecule has 0 aromatic heterocycles. The summed E-state index contributed by atoms with van der Waals surface area (Å²) in [5, 5.41) is 0. The van der Waals surface area contributed by atoms with Gasteiger partial charge in [-0.2, -0.15) is 13.2 Å². The summed E-state index contributed by atoms with van der Waals surface area (Å²) < 4.78 is 49.2. The molecule has 1 heterocycles. The summed E-state index contributed by atoms with van der Waals surface area (Å²) in [6.07, 6.45) is -3.61. The molecule has 0 spiro atoms. The first-order valence-corrected chi connectivity index (χ1v) is 5.72. The molecule has 0 saturated carbocycles. The standard InChI is InChI=1S/C12H14F3NO2/c13-12(14,15)9-7-11-10(17-4-5-18-11)6-8(9)2-1-3-16/h6-7H,1-5,16H2. The molecule has 0 bridgehead atoms. The Bertz CT molecular complexity index is 432. The van der Waals surface area contributed by atoms with Crippen LogP contribution in [0.3, 0.4) is 0 Å². The van der Waals surface area contributed by atoms with Gasteiger partial charge in [0.15, 0.2) is 11.5 Å². The van der Waals surface area contributed by atoms with Crippen LogP contribution in [0.25, 0.3) is 0 Å². The SMILES string of the molecule is NCCCc1cc2c(cc1C(F)(F)F)OCCO2. The zero-order chi connectivity index (χ0) is 13.2. The van der Waals surface area contributed by atoms with E-state index in [2.05, 4.69) is 0 Å². The van der Waals surface area contributed by atoms with E-state index in [9.17, 15) is 13.2 Å². The molecule has 3 nitrogen and oxygen atoms in total. The Morgan fingerprint density at radius 1 is 1.11 bits per heavy atom. The van der Waals surface area contributed by atoms with Crippen LogP contribution >= 0.6 is 0 Å². The van der Waals surface area contributed by atoms with E-state index < -0.39 is 11.7 Å². The summed E-state index contributed by atoms with van der Waals surface area (Å²) in [6, 6.07) is 2.42. The van der Waals surface area contributed by atoms with Crippen molar-refractivity contribution >= 4 is 0 Å². The average molecular weight is 261 g/mol. The first-order valence-electron chi connectivity index (χ1n) is 5.72. The summed E-state index contributed by atoms with van der Waals surface area (Å²) in [5.41, 5.74) is 4.88. The minimum atomic E-state index is -4.39. The van der Waals surface area contributed by atoms with E-state index in [0.717, 1.165) is 6.07 Å². The average Bonchev–Trinajstić information content (AvgIpc) is 2.34. The second kappa shape index (κ2) is 5.06. The molecule has 2 N–H and O–H groups in total. The topological polar surface area (TPSA) is 44.5 Å². The number of benzene rings is 1. The smallest absolute Gasteiger partial charge is 0.416 e. The lowest BCUT2D eigenvalue weighted by molar-refractivity contribution is -0.138. The van der Waals surface area contributed by atoms with Gasteiger partial charge in [0.1, 0.15) is 13.2 Å². The third-order valence-corrected chi connectivity index (χ3v) is 2.72. The second-order valence-corrected chi connectivity index (χ2v) is 4.04. The first kappa shape index (κ1) is 13.0. The maximum absolute atomic E-state index is 12.9. The van der Waals surface area contributed by atoms with E-state index in [0.29, 0.717) is 25.3 Å². The third kappa shape index (κ3) is 2.69. The van der Waals surface area contributed by atoms with Crippen molar-refractivity contribution in [3.05, 3.63) is 23.3 Å². The van der Waals surface area contributed by atoms with Gasteiger partial charge in [0, 0.05) is 0 Å². The minimum absolute atomic E-state index is 0.157. The summed E-state index contributed by atoms with van der Waals surface area (Å²) in [5.74, 6) is 0.534. The number of nitrogens with two attached hydrogens (primary N) is 1. The van der Waals surface area contributed by atoms with Crippen LogP contribution in [0, 0.1) is 0 Å². The van der Waals surface area contributed by atoms with Gasteiger partial charge >= 0.3 is 6.18 Å². The van der Waals surface area contributed by atoms with Crippen LogP contribution in [0.15, 0.2) is 12.1 Å². The van der Waals surface area contributed by atoms with Crippen LogP contribution in [-0.4, -0.2) is 19.8 Å². The van der Waals surface area contributed by atoms with E-state index in [1.54, 1.807) is 0 Å². The summed E-state index contributed by atoms with van der Waals surface area (Å²) in [7, 11) is 0. The molecule has 100 valence electrons. The van der Waals surface area contributed by atoms with Gasteiger partial charge in [-0.1, -0.05) is 0 Å². The monoisotopic (exact) mass is 261 g/mol. The molecule has 0 radical (unpaired) electrons. The maximum Gasteiger partial charge on any atom is 0.416 e. The van der Waals surface area contributed by atoms with E-state index in [-0.39, 0.29) is 24.3 Å². The Labute approximate surface area is 103 Å². The molecular weight excluding hydrogens is 247 g/mol. The number of hydrogen-bond donors (Lipinski definition) is 1. The maximum atomic E-state index is 12.9. The molecule has 0 unspecified atom stereocenters. The van der Waals surface area contributed by atoms with Crippen LogP contribution in [0.4, 0.5) is 13.2 Å². The van der Waals surface area contributed by atoms with Gasteiger partial charge in [0.2, 0.25) is 0 Å². The van der Waals surface area contributed by atoms with E-state index in [4.69, 9.17) is 15.2 Å². The number of hydrogen-bond acceptors (Lipinski definition) is 3. The highest BCUT2D eigenvalue weighted by Gasteiger charge is 2.35. The number of alkyl halides is 3. The molecule has 2 rings (SSSR count). The molecule has 1 aliphatic rings. The lowest BCUT2D eigenvalue weighted by atomic mass is 10.0. The van der Waals surface area contributed by atoms with E-state index >= 15 is 0 Å². The predicted octanol–water partition coefficient (Wildman–Crippen LogP) is 2.37. The van der Waals surface area contributed by atoms with Gasteiger partial charge < -0.3 is 15.2 Å². The van der Waals surface area contributed by atoms with Crippen LogP contribution in [0.5, 0.6) is 11.5 Å². The summed E-state index contributed by atoms with van der Waals surface area (Å²) >= 11 is 0. The van der Waals surface area contributed by atoms with Gasteiger partial charge in [-0.3, -0.25) is 0 Å². The molecular formula is C12H14F3NO2. The van der Waals surface area contributed by atoms with Crippen molar-refractivity contribution in [1.82, 2.24) is 0 Å². The fourth-order valence-electron chi connectivity index (χ4n) is 1.89. The quantitative estimate of drug-likeness (QED) is 0.908. The van der Waals surface area contributed by atoms with Gasteiger partial charge in [0.25, 0.3) is 0 Å². The number of fused-ring (bicyclic) bond motifs is 1. The van der Waals surface area contributed by atoms with Crippen molar-refractivity contribution in [2.24, 2.45) is 5.73 Å². The Balaban J connectivity index is 2.41. The Morgan fingerprint density at radius 2 is 1.72 bits per heavy atom. The lowest BCUT2D eigenvalue weighted by Crippen LogP contribution is -2.18. The normalized spacial score (nSPS) is 14.7. The summed E-state index contributed by atoms with van der Waals surface area (Å²) in [4.78, 5) is 0. The fourth-order valence-corrected chi connectivity index (χ4v) is 1.89. The number of aryl methyl sites for hydroxylation is 1. The number of rotatable bonds is 3. The highest BCUT2D eigenvalue weighted by atomic mass is 19.4.